The molecule has 0 radical (unpaired) electrons. The van der Waals surface area contributed by atoms with E-state index in [0.717, 1.165) is 0 Å². The van der Waals surface area contributed by atoms with Gasteiger partial charge in [-0.2, -0.15) is 0 Å². The van der Waals surface area contributed by atoms with Crippen LogP contribution in [0.3, 0.4) is 0 Å². The third-order valence-electron chi connectivity index (χ3n) is 4.71. The van der Waals surface area contributed by atoms with Crippen LogP contribution in [0.2, 0.25) is 0 Å². The summed E-state index contributed by atoms with van der Waals surface area (Å²) in [6.07, 6.45) is 18.5. The number of hydrogen-bond donors (Lipinski definition) is 0. The summed E-state index contributed by atoms with van der Waals surface area (Å²) in [6.45, 7) is 2.29. The number of hydrogen-bond acceptors (Lipinski definition) is 2. The van der Waals surface area contributed by atoms with Crippen LogP contribution in [0.1, 0.15) is 96.0 Å². The molecule has 0 atom stereocenters. The summed E-state index contributed by atoms with van der Waals surface area (Å²) in [5.74, 6) is 1.19. The van der Waals surface area contributed by atoms with Crippen LogP contribution in [0.15, 0.2) is 35.3 Å². The second kappa shape index (κ2) is 16.7. The first-order valence-corrected chi connectivity index (χ1v) is 11.5. The molecule has 1 nitrogen and oxygen atoms in total. The number of aliphatic imine (C=N–C) groups is 1. The van der Waals surface area contributed by atoms with Crippen LogP contribution in [0, 0.1) is 0 Å². The van der Waals surface area contributed by atoms with Gasteiger partial charge in [-0.1, -0.05) is 114 Å². The number of unbranched alkanes of at least 4 members (excludes halogenated alkanes) is 12. The fourth-order valence-electron chi connectivity index (χ4n) is 3.15. The van der Waals surface area contributed by atoms with E-state index < -0.39 is 0 Å². The highest BCUT2D eigenvalue weighted by Crippen LogP contribution is 2.17. The first-order chi connectivity index (χ1) is 12.4. The van der Waals surface area contributed by atoms with E-state index in [2.05, 4.69) is 42.2 Å². The molecule has 2 heteroatoms. The molecule has 142 valence electrons. The van der Waals surface area contributed by atoms with Crippen molar-refractivity contribution in [3.05, 3.63) is 35.9 Å². The molecule has 0 amide bonds. The standard InChI is InChI=1S/C23H39NS/c1-3-4-5-6-7-8-9-10-11-12-13-14-18-21-25-23(24-2)22-19-16-15-17-20-22/h15-17,19-20H,3-14,18,21H2,1-2H3. The topological polar surface area (TPSA) is 12.4 Å². The number of thioether (sulfide) groups is 1. The number of rotatable bonds is 15. The van der Waals surface area contributed by atoms with Gasteiger partial charge < -0.3 is 0 Å². The molecule has 0 aliphatic rings. The maximum atomic E-state index is 4.44. The van der Waals surface area contributed by atoms with Crippen LogP contribution in [0.25, 0.3) is 0 Å². The van der Waals surface area contributed by atoms with Crippen LogP contribution in [0.5, 0.6) is 0 Å². The van der Waals surface area contributed by atoms with Crippen molar-refractivity contribution in [1.29, 1.82) is 0 Å². The average Bonchev–Trinajstić information content (AvgIpc) is 2.66. The third-order valence-corrected chi connectivity index (χ3v) is 5.90. The molecule has 0 bridgehead atoms. The van der Waals surface area contributed by atoms with Gasteiger partial charge >= 0.3 is 0 Å². The average molecular weight is 362 g/mol. The summed E-state index contributed by atoms with van der Waals surface area (Å²) in [6, 6.07) is 10.5. The Morgan fingerprint density at radius 2 is 1.20 bits per heavy atom. The van der Waals surface area contributed by atoms with Gasteiger partial charge in [0.2, 0.25) is 0 Å². The Balaban J connectivity index is 1.87. The molecule has 1 rings (SSSR count). The molecule has 0 aliphatic carbocycles. The monoisotopic (exact) mass is 361 g/mol. The number of benzene rings is 1. The Kier molecular flexibility index (Phi) is 14.9. The molecule has 0 saturated carbocycles. The van der Waals surface area contributed by atoms with Crippen molar-refractivity contribution < 1.29 is 0 Å². The predicted octanol–water partition coefficient (Wildman–Crippen LogP) is 7.89. The Bertz CT molecular complexity index is 427. The van der Waals surface area contributed by atoms with E-state index >= 15 is 0 Å². The largest absolute Gasteiger partial charge is 0.281 e. The summed E-state index contributed by atoms with van der Waals surface area (Å²) in [5, 5.41) is 1.18. The minimum absolute atomic E-state index is 1.18. The molecule has 0 spiro atoms. The molecular weight excluding hydrogens is 322 g/mol. The summed E-state index contributed by atoms with van der Waals surface area (Å²) in [7, 11) is 1.90. The van der Waals surface area contributed by atoms with Gasteiger partial charge in [0.1, 0.15) is 0 Å². The molecule has 1 aromatic rings. The van der Waals surface area contributed by atoms with E-state index in [0.29, 0.717) is 0 Å². The Labute approximate surface area is 161 Å². The van der Waals surface area contributed by atoms with Gasteiger partial charge in [-0.15, -0.1) is 11.8 Å². The second-order valence-corrected chi connectivity index (χ2v) is 8.07. The summed E-state index contributed by atoms with van der Waals surface area (Å²) in [5.41, 5.74) is 1.25. The van der Waals surface area contributed by atoms with Gasteiger partial charge in [-0.25, -0.2) is 0 Å². The molecule has 0 unspecified atom stereocenters. The van der Waals surface area contributed by atoms with Crippen molar-refractivity contribution in [3.63, 3.8) is 0 Å². The lowest BCUT2D eigenvalue weighted by molar-refractivity contribution is 0.543. The van der Waals surface area contributed by atoms with Gasteiger partial charge in [0.05, 0.1) is 5.04 Å². The van der Waals surface area contributed by atoms with E-state index in [1.54, 1.807) is 0 Å². The van der Waals surface area contributed by atoms with E-state index in [4.69, 9.17) is 0 Å². The first kappa shape index (κ1) is 22.3. The third kappa shape index (κ3) is 12.3. The fraction of sp³-hybridized carbons (Fsp3) is 0.696. The molecule has 0 saturated heterocycles. The van der Waals surface area contributed by atoms with Crippen LogP contribution in [-0.2, 0) is 0 Å². The van der Waals surface area contributed by atoms with E-state index in [-0.39, 0.29) is 0 Å². The van der Waals surface area contributed by atoms with Gasteiger partial charge in [0.25, 0.3) is 0 Å². The van der Waals surface area contributed by atoms with Gasteiger partial charge in [0, 0.05) is 12.6 Å². The lowest BCUT2D eigenvalue weighted by Gasteiger charge is -2.06. The SMILES string of the molecule is CCCCCCCCCCCCCCCSC(=NC)c1ccccc1. The maximum absolute atomic E-state index is 4.44. The van der Waals surface area contributed by atoms with E-state index in [1.165, 1.54) is 99.8 Å². The molecule has 25 heavy (non-hydrogen) atoms. The minimum Gasteiger partial charge on any atom is -0.281 e. The Morgan fingerprint density at radius 1 is 0.720 bits per heavy atom. The zero-order valence-corrected chi connectivity index (χ0v) is 17.5. The van der Waals surface area contributed by atoms with Crippen LogP contribution < -0.4 is 0 Å². The van der Waals surface area contributed by atoms with Gasteiger partial charge in [-0.05, 0) is 12.2 Å². The van der Waals surface area contributed by atoms with Crippen molar-refractivity contribution in [2.45, 2.75) is 90.4 Å². The van der Waals surface area contributed by atoms with Crippen LogP contribution in [0.4, 0.5) is 0 Å². The minimum atomic E-state index is 1.18. The number of nitrogens with zero attached hydrogens (tertiary/aromatic N) is 1. The second-order valence-electron chi connectivity index (χ2n) is 6.99. The van der Waals surface area contributed by atoms with Gasteiger partial charge in [0.15, 0.2) is 0 Å². The molecule has 0 aliphatic heterocycles. The molecule has 0 heterocycles. The zero-order chi connectivity index (χ0) is 18.0. The smallest absolute Gasteiger partial charge is 0.0973 e. The highest BCUT2D eigenvalue weighted by Gasteiger charge is 2.02. The first-order valence-electron chi connectivity index (χ1n) is 10.5. The van der Waals surface area contributed by atoms with Crippen molar-refractivity contribution in [2.75, 3.05) is 12.8 Å². The van der Waals surface area contributed by atoms with Crippen molar-refractivity contribution >= 4 is 16.8 Å². The quantitative estimate of drug-likeness (QED) is 0.176. The van der Waals surface area contributed by atoms with Crippen molar-refractivity contribution in [2.24, 2.45) is 4.99 Å². The fourth-order valence-corrected chi connectivity index (χ4v) is 4.12. The van der Waals surface area contributed by atoms with E-state index in [9.17, 15) is 0 Å². The van der Waals surface area contributed by atoms with Crippen LogP contribution in [-0.4, -0.2) is 17.8 Å². The summed E-state index contributed by atoms with van der Waals surface area (Å²) < 4.78 is 0. The highest BCUT2D eigenvalue weighted by molar-refractivity contribution is 8.14. The lowest BCUT2D eigenvalue weighted by atomic mass is 10.1. The Morgan fingerprint density at radius 3 is 1.68 bits per heavy atom. The zero-order valence-electron chi connectivity index (χ0n) is 16.6. The van der Waals surface area contributed by atoms with E-state index in [1.807, 2.05) is 18.8 Å². The molecular formula is C23H39NS. The predicted molar refractivity (Wildman–Crippen MR) is 117 cm³/mol. The maximum Gasteiger partial charge on any atom is 0.0973 e. The Hall–Kier alpha value is -0.760. The van der Waals surface area contributed by atoms with Crippen LogP contribution >= 0.6 is 11.8 Å². The summed E-state index contributed by atoms with van der Waals surface area (Å²) >= 11 is 1.91. The summed E-state index contributed by atoms with van der Waals surface area (Å²) in [4.78, 5) is 4.44. The molecule has 1 aromatic carbocycles. The van der Waals surface area contributed by atoms with Crippen molar-refractivity contribution in [3.8, 4) is 0 Å². The normalized spacial score (nSPS) is 11.8. The van der Waals surface area contributed by atoms with Crippen molar-refractivity contribution in [1.82, 2.24) is 0 Å². The van der Waals surface area contributed by atoms with Gasteiger partial charge in [-0.3, -0.25) is 4.99 Å². The lowest BCUT2D eigenvalue weighted by Crippen LogP contribution is -1.96. The highest BCUT2D eigenvalue weighted by atomic mass is 32.2. The molecule has 0 aromatic heterocycles. The molecule has 0 fully saturated rings. The molecule has 0 N–H and O–H groups in total.